The van der Waals surface area contributed by atoms with Crippen molar-refractivity contribution in [1.82, 2.24) is 0 Å². The van der Waals surface area contributed by atoms with Crippen LogP contribution in [-0.4, -0.2) is 12.3 Å². The first-order valence-corrected chi connectivity index (χ1v) is 4.87. The van der Waals surface area contributed by atoms with E-state index in [-0.39, 0.29) is 0 Å². The first kappa shape index (κ1) is 8.49. The Balaban J connectivity index is 2.42. The molecule has 1 aliphatic carbocycles. The Morgan fingerprint density at radius 2 is 2.31 bits per heavy atom. The Labute approximate surface area is 79.6 Å². The molecule has 0 saturated carbocycles. The zero-order chi connectivity index (χ0) is 9.26. The van der Waals surface area contributed by atoms with Gasteiger partial charge in [0.05, 0.1) is 12.3 Å². The van der Waals surface area contributed by atoms with Crippen molar-refractivity contribution in [2.45, 2.75) is 20.3 Å². The Kier molecular flexibility index (Phi) is 2.17. The molecule has 0 spiro atoms. The zero-order valence-electron chi connectivity index (χ0n) is 8.25. The molecule has 0 aromatic rings. The van der Waals surface area contributed by atoms with Gasteiger partial charge in [-0.15, -0.1) is 0 Å². The molecule has 68 valence electrons. The Morgan fingerprint density at radius 3 is 3.15 bits per heavy atom. The van der Waals surface area contributed by atoms with Crippen molar-refractivity contribution in [2.75, 3.05) is 6.54 Å². The predicted octanol–water partition coefficient (Wildman–Crippen LogP) is 2.91. The van der Waals surface area contributed by atoms with Gasteiger partial charge in [-0.1, -0.05) is 25.2 Å². The Bertz CT molecular complexity index is 329. The number of fused-ring (bicyclic) bond motifs is 1. The topological polar surface area (TPSA) is 12.4 Å². The van der Waals surface area contributed by atoms with E-state index in [1.807, 2.05) is 0 Å². The third kappa shape index (κ3) is 1.64. The van der Waals surface area contributed by atoms with Crippen LogP contribution in [0.15, 0.2) is 40.4 Å². The largest absolute Gasteiger partial charge is 0.281 e. The lowest BCUT2D eigenvalue weighted by molar-refractivity contribution is 0.744. The number of allylic oxidation sites excluding steroid dienone is 5. The molecular formula is C12H15N. The van der Waals surface area contributed by atoms with E-state index in [0.717, 1.165) is 13.0 Å². The molecule has 0 saturated heterocycles. The van der Waals surface area contributed by atoms with E-state index in [1.54, 1.807) is 0 Å². The van der Waals surface area contributed by atoms with E-state index in [2.05, 4.69) is 43.1 Å². The van der Waals surface area contributed by atoms with Crippen molar-refractivity contribution in [1.29, 1.82) is 0 Å². The lowest BCUT2D eigenvalue weighted by Crippen LogP contribution is -2.06. The average Bonchev–Trinajstić information content (AvgIpc) is 2.28. The van der Waals surface area contributed by atoms with Crippen LogP contribution in [0.5, 0.6) is 0 Å². The van der Waals surface area contributed by atoms with E-state index in [9.17, 15) is 0 Å². The normalized spacial score (nSPS) is 26.9. The van der Waals surface area contributed by atoms with Gasteiger partial charge in [-0.2, -0.15) is 0 Å². The van der Waals surface area contributed by atoms with Crippen LogP contribution in [-0.2, 0) is 0 Å². The van der Waals surface area contributed by atoms with Crippen LogP contribution in [0.4, 0.5) is 0 Å². The lowest BCUT2D eigenvalue weighted by atomic mass is 9.97. The van der Waals surface area contributed by atoms with Crippen LogP contribution >= 0.6 is 0 Å². The SMILES string of the molecule is CC1=CCN=C2C=CCC(C)C=C12. The highest BCUT2D eigenvalue weighted by Crippen LogP contribution is 2.23. The maximum Gasteiger partial charge on any atom is 0.0646 e. The first-order chi connectivity index (χ1) is 6.27. The van der Waals surface area contributed by atoms with Crippen molar-refractivity contribution in [3.05, 3.63) is 35.5 Å². The first-order valence-electron chi connectivity index (χ1n) is 4.87. The van der Waals surface area contributed by atoms with E-state index < -0.39 is 0 Å². The molecule has 0 bridgehead atoms. The number of aliphatic imine (C=N–C) groups is 1. The molecule has 2 rings (SSSR count). The molecule has 1 unspecified atom stereocenters. The second-order valence-corrected chi connectivity index (χ2v) is 3.81. The van der Waals surface area contributed by atoms with Crippen molar-refractivity contribution < 1.29 is 0 Å². The highest BCUT2D eigenvalue weighted by Gasteiger charge is 2.13. The number of nitrogens with zero attached hydrogens (tertiary/aromatic N) is 1. The molecular weight excluding hydrogens is 158 g/mol. The highest BCUT2D eigenvalue weighted by atomic mass is 14.7. The summed E-state index contributed by atoms with van der Waals surface area (Å²) in [4.78, 5) is 4.48. The zero-order valence-corrected chi connectivity index (χ0v) is 8.25. The lowest BCUT2D eigenvalue weighted by Gasteiger charge is -2.13. The molecule has 0 aromatic carbocycles. The molecule has 0 fully saturated rings. The van der Waals surface area contributed by atoms with Crippen LogP contribution < -0.4 is 0 Å². The van der Waals surface area contributed by atoms with E-state index in [4.69, 9.17) is 0 Å². The van der Waals surface area contributed by atoms with E-state index in [0.29, 0.717) is 5.92 Å². The molecule has 0 amide bonds. The Morgan fingerprint density at radius 1 is 1.46 bits per heavy atom. The summed E-state index contributed by atoms with van der Waals surface area (Å²) in [6, 6.07) is 0. The van der Waals surface area contributed by atoms with Gasteiger partial charge >= 0.3 is 0 Å². The fraction of sp³-hybridized carbons (Fsp3) is 0.417. The van der Waals surface area contributed by atoms with Crippen molar-refractivity contribution >= 4 is 5.71 Å². The third-order valence-corrected chi connectivity index (χ3v) is 2.59. The number of hydrogen-bond donors (Lipinski definition) is 0. The summed E-state index contributed by atoms with van der Waals surface area (Å²) < 4.78 is 0. The van der Waals surface area contributed by atoms with Crippen LogP contribution in [0, 0.1) is 5.92 Å². The van der Waals surface area contributed by atoms with Gasteiger partial charge in [-0.25, -0.2) is 0 Å². The summed E-state index contributed by atoms with van der Waals surface area (Å²) in [5.74, 6) is 0.639. The Hall–Kier alpha value is -1.11. The smallest absolute Gasteiger partial charge is 0.0646 e. The summed E-state index contributed by atoms with van der Waals surface area (Å²) in [5.41, 5.74) is 3.89. The fourth-order valence-corrected chi connectivity index (χ4v) is 1.78. The molecule has 0 aromatic heterocycles. The molecule has 1 aliphatic heterocycles. The predicted molar refractivity (Wildman–Crippen MR) is 57.1 cm³/mol. The van der Waals surface area contributed by atoms with Crippen molar-refractivity contribution in [3.63, 3.8) is 0 Å². The molecule has 1 nitrogen and oxygen atoms in total. The van der Waals surface area contributed by atoms with Crippen LogP contribution in [0.3, 0.4) is 0 Å². The van der Waals surface area contributed by atoms with Gasteiger partial charge in [0.1, 0.15) is 0 Å². The second-order valence-electron chi connectivity index (χ2n) is 3.81. The van der Waals surface area contributed by atoms with Gasteiger partial charge < -0.3 is 0 Å². The quantitative estimate of drug-likeness (QED) is 0.534. The number of dihydropyridines is 1. The van der Waals surface area contributed by atoms with Gasteiger partial charge in [-0.3, -0.25) is 4.99 Å². The third-order valence-electron chi connectivity index (χ3n) is 2.59. The number of rotatable bonds is 0. The van der Waals surface area contributed by atoms with E-state index in [1.165, 1.54) is 16.9 Å². The molecule has 1 heterocycles. The second kappa shape index (κ2) is 3.33. The summed E-state index contributed by atoms with van der Waals surface area (Å²) in [7, 11) is 0. The van der Waals surface area contributed by atoms with Crippen LogP contribution in [0.1, 0.15) is 20.3 Å². The fourth-order valence-electron chi connectivity index (χ4n) is 1.78. The number of hydrogen-bond acceptors (Lipinski definition) is 1. The molecule has 0 N–H and O–H groups in total. The highest BCUT2D eigenvalue weighted by molar-refractivity contribution is 6.12. The summed E-state index contributed by atoms with van der Waals surface area (Å²) in [5, 5.41) is 0. The summed E-state index contributed by atoms with van der Waals surface area (Å²) in [6.07, 6.45) is 10.1. The summed E-state index contributed by atoms with van der Waals surface area (Å²) >= 11 is 0. The maximum atomic E-state index is 4.48. The summed E-state index contributed by atoms with van der Waals surface area (Å²) in [6.45, 7) is 5.27. The van der Waals surface area contributed by atoms with E-state index >= 15 is 0 Å². The van der Waals surface area contributed by atoms with Gasteiger partial charge in [-0.05, 0) is 36.5 Å². The molecule has 0 radical (unpaired) electrons. The minimum atomic E-state index is 0.639. The van der Waals surface area contributed by atoms with Gasteiger partial charge in [0.2, 0.25) is 0 Å². The monoisotopic (exact) mass is 173 g/mol. The molecule has 13 heavy (non-hydrogen) atoms. The minimum absolute atomic E-state index is 0.639. The minimum Gasteiger partial charge on any atom is -0.281 e. The molecule has 1 heteroatoms. The molecule has 1 atom stereocenters. The van der Waals surface area contributed by atoms with Gasteiger partial charge in [0.15, 0.2) is 0 Å². The van der Waals surface area contributed by atoms with Crippen molar-refractivity contribution in [3.8, 4) is 0 Å². The van der Waals surface area contributed by atoms with Crippen LogP contribution in [0.25, 0.3) is 0 Å². The maximum absolute atomic E-state index is 4.48. The van der Waals surface area contributed by atoms with Gasteiger partial charge in [0, 0.05) is 0 Å². The average molecular weight is 173 g/mol. The van der Waals surface area contributed by atoms with Crippen LogP contribution in [0.2, 0.25) is 0 Å². The van der Waals surface area contributed by atoms with Gasteiger partial charge in [0.25, 0.3) is 0 Å². The standard InChI is InChI=1S/C12H15N/c1-9-4-3-5-12-11(8-9)10(2)6-7-13-12/h3,5-6,8-9H,4,7H2,1-2H3. The molecule has 2 aliphatic rings. The van der Waals surface area contributed by atoms with Crippen molar-refractivity contribution in [2.24, 2.45) is 10.9 Å².